The normalized spacial score (nSPS) is 9.80. The van der Waals surface area contributed by atoms with Crippen molar-refractivity contribution in [2.75, 3.05) is 25.1 Å². The largest absolute Gasteiger partial charge is 0.464 e. The molecule has 0 saturated heterocycles. The highest BCUT2D eigenvalue weighted by atomic mass is 16.5. The van der Waals surface area contributed by atoms with Gasteiger partial charge >= 0.3 is 5.97 Å². The number of hydrogen-bond acceptors (Lipinski definition) is 3. The van der Waals surface area contributed by atoms with Crippen LogP contribution in [-0.2, 0) is 9.53 Å². The summed E-state index contributed by atoms with van der Waals surface area (Å²) in [5, 5.41) is 0. The summed E-state index contributed by atoms with van der Waals surface area (Å²) in [6, 6.07) is 8.23. The van der Waals surface area contributed by atoms with Crippen LogP contribution in [0.2, 0.25) is 0 Å². The Balaban J connectivity index is 2.46. The van der Waals surface area contributed by atoms with E-state index in [4.69, 9.17) is 4.74 Å². The number of ether oxygens (including phenoxy) is 1. The predicted molar refractivity (Wildman–Crippen MR) is 61.1 cm³/mol. The molecule has 1 rings (SSSR count). The number of carbonyl (C=O) groups is 1. The van der Waals surface area contributed by atoms with Crippen molar-refractivity contribution in [3.05, 3.63) is 29.8 Å². The number of carbonyl (C=O) groups excluding carboxylic acids is 1. The molecule has 0 aliphatic heterocycles. The summed E-state index contributed by atoms with van der Waals surface area (Å²) < 4.78 is 4.88. The summed E-state index contributed by atoms with van der Waals surface area (Å²) >= 11 is 0. The number of esters is 1. The Morgan fingerprint density at radius 2 is 2.20 bits per heavy atom. The third-order valence-corrected chi connectivity index (χ3v) is 2.17. The molecule has 3 heteroatoms. The van der Waals surface area contributed by atoms with Crippen LogP contribution in [0, 0.1) is 6.92 Å². The average molecular weight is 207 g/mol. The van der Waals surface area contributed by atoms with Gasteiger partial charge in [0.2, 0.25) is 0 Å². The van der Waals surface area contributed by atoms with Crippen LogP contribution in [0.1, 0.15) is 12.5 Å². The minimum absolute atomic E-state index is 0.229. The van der Waals surface area contributed by atoms with Gasteiger partial charge in [0.05, 0.1) is 6.54 Å². The first-order valence-corrected chi connectivity index (χ1v) is 5.01. The van der Waals surface area contributed by atoms with Crippen LogP contribution in [-0.4, -0.2) is 26.2 Å². The number of anilines is 1. The van der Waals surface area contributed by atoms with Crippen LogP contribution in [0.15, 0.2) is 24.3 Å². The lowest BCUT2D eigenvalue weighted by atomic mass is 10.2. The van der Waals surface area contributed by atoms with E-state index in [2.05, 4.69) is 24.0 Å². The average Bonchev–Trinajstić information content (AvgIpc) is 2.17. The van der Waals surface area contributed by atoms with Crippen LogP contribution in [0.3, 0.4) is 0 Å². The monoisotopic (exact) mass is 207 g/mol. The highest BCUT2D eigenvalue weighted by Crippen LogP contribution is 2.13. The lowest BCUT2D eigenvalue weighted by Crippen LogP contribution is -2.23. The van der Waals surface area contributed by atoms with Gasteiger partial charge in [0.1, 0.15) is 6.61 Å². The molecule has 3 nitrogen and oxygen atoms in total. The van der Waals surface area contributed by atoms with Crippen LogP contribution < -0.4 is 4.90 Å². The van der Waals surface area contributed by atoms with Gasteiger partial charge < -0.3 is 9.64 Å². The Hall–Kier alpha value is -1.51. The molecule has 0 aliphatic rings. The maximum atomic E-state index is 10.6. The van der Waals surface area contributed by atoms with Gasteiger partial charge in [-0.3, -0.25) is 4.79 Å². The topological polar surface area (TPSA) is 29.5 Å². The number of benzene rings is 1. The Morgan fingerprint density at radius 1 is 1.47 bits per heavy atom. The third-order valence-electron chi connectivity index (χ3n) is 2.17. The lowest BCUT2D eigenvalue weighted by Gasteiger charge is -2.19. The van der Waals surface area contributed by atoms with Crippen LogP contribution in [0.5, 0.6) is 0 Å². The summed E-state index contributed by atoms with van der Waals surface area (Å²) in [6.07, 6.45) is 0. The molecule has 0 unspecified atom stereocenters. The van der Waals surface area contributed by atoms with Gasteiger partial charge in [-0.25, -0.2) is 0 Å². The van der Waals surface area contributed by atoms with E-state index in [1.165, 1.54) is 12.5 Å². The zero-order valence-corrected chi connectivity index (χ0v) is 9.49. The highest BCUT2D eigenvalue weighted by molar-refractivity contribution is 5.65. The predicted octanol–water partition coefficient (Wildman–Crippen LogP) is 1.99. The van der Waals surface area contributed by atoms with Gasteiger partial charge in [-0.2, -0.15) is 0 Å². The molecule has 0 aromatic heterocycles. The van der Waals surface area contributed by atoms with Crippen molar-refractivity contribution in [3.8, 4) is 0 Å². The number of likely N-dealkylation sites (N-methyl/N-ethyl adjacent to an activating group) is 1. The van der Waals surface area contributed by atoms with Crippen LogP contribution in [0.4, 0.5) is 5.69 Å². The first kappa shape index (κ1) is 11.6. The fraction of sp³-hybridized carbons (Fsp3) is 0.417. The molecule has 0 atom stereocenters. The summed E-state index contributed by atoms with van der Waals surface area (Å²) in [6.45, 7) is 4.62. The van der Waals surface area contributed by atoms with Crippen molar-refractivity contribution in [2.24, 2.45) is 0 Å². The van der Waals surface area contributed by atoms with Crippen molar-refractivity contribution in [2.45, 2.75) is 13.8 Å². The van der Waals surface area contributed by atoms with E-state index in [0.717, 1.165) is 5.69 Å². The van der Waals surface area contributed by atoms with Gasteiger partial charge in [0.15, 0.2) is 0 Å². The molecule has 0 heterocycles. The quantitative estimate of drug-likeness (QED) is 0.707. The number of rotatable bonds is 4. The molecule has 0 aliphatic carbocycles. The zero-order chi connectivity index (χ0) is 11.3. The molecule has 0 N–H and O–H groups in total. The van der Waals surface area contributed by atoms with E-state index >= 15 is 0 Å². The maximum Gasteiger partial charge on any atom is 0.302 e. The lowest BCUT2D eigenvalue weighted by molar-refractivity contribution is -0.140. The van der Waals surface area contributed by atoms with Crippen molar-refractivity contribution in [3.63, 3.8) is 0 Å². The minimum Gasteiger partial charge on any atom is -0.464 e. The maximum absolute atomic E-state index is 10.6. The fourth-order valence-electron chi connectivity index (χ4n) is 1.32. The van der Waals surface area contributed by atoms with E-state index in [1.54, 1.807) is 0 Å². The number of nitrogens with zero attached hydrogens (tertiary/aromatic N) is 1. The van der Waals surface area contributed by atoms with Crippen molar-refractivity contribution in [1.29, 1.82) is 0 Å². The van der Waals surface area contributed by atoms with E-state index < -0.39 is 0 Å². The Morgan fingerprint density at radius 3 is 2.80 bits per heavy atom. The van der Waals surface area contributed by atoms with Gasteiger partial charge in [-0.05, 0) is 24.6 Å². The second-order valence-electron chi connectivity index (χ2n) is 3.60. The minimum atomic E-state index is -0.229. The van der Waals surface area contributed by atoms with Gasteiger partial charge in [-0.15, -0.1) is 0 Å². The van der Waals surface area contributed by atoms with E-state index in [9.17, 15) is 4.79 Å². The molecule has 1 aromatic rings. The molecule has 82 valence electrons. The van der Waals surface area contributed by atoms with E-state index in [-0.39, 0.29) is 5.97 Å². The van der Waals surface area contributed by atoms with Gasteiger partial charge in [0.25, 0.3) is 0 Å². The van der Waals surface area contributed by atoms with Crippen LogP contribution in [0.25, 0.3) is 0 Å². The third kappa shape index (κ3) is 4.02. The smallest absolute Gasteiger partial charge is 0.302 e. The summed E-state index contributed by atoms with van der Waals surface area (Å²) in [4.78, 5) is 12.6. The molecule has 0 bridgehead atoms. The second kappa shape index (κ2) is 5.39. The standard InChI is InChI=1S/C12H17NO2/c1-10-5-4-6-12(9-10)13(3)7-8-15-11(2)14/h4-6,9H,7-8H2,1-3H3. The Labute approximate surface area is 90.7 Å². The van der Waals surface area contributed by atoms with E-state index in [0.29, 0.717) is 13.2 Å². The molecule has 0 spiro atoms. The number of aryl methyl sites for hydroxylation is 1. The number of hydrogen-bond donors (Lipinski definition) is 0. The van der Waals surface area contributed by atoms with Gasteiger partial charge in [-0.1, -0.05) is 12.1 Å². The zero-order valence-electron chi connectivity index (χ0n) is 9.49. The molecule has 0 fully saturated rings. The molecule has 0 amide bonds. The van der Waals surface area contributed by atoms with Crippen molar-refractivity contribution in [1.82, 2.24) is 0 Å². The molecule has 0 radical (unpaired) electrons. The molecular formula is C12H17NO2. The SMILES string of the molecule is CC(=O)OCCN(C)c1cccc(C)c1. The summed E-state index contributed by atoms with van der Waals surface area (Å²) in [7, 11) is 1.98. The van der Waals surface area contributed by atoms with E-state index in [1.807, 2.05) is 19.2 Å². The first-order chi connectivity index (χ1) is 7.09. The molecule has 0 saturated carbocycles. The molecule has 1 aromatic carbocycles. The molecule has 15 heavy (non-hydrogen) atoms. The van der Waals surface area contributed by atoms with Gasteiger partial charge in [0, 0.05) is 19.7 Å². The Kier molecular flexibility index (Phi) is 4.16. The summed E-state index contributed by atoms with van der Waals surface area (Å²) in [5.41, 5.74) is 2.37. The second-order valence-corrected chi connectivity index (χ2v) is 3.60. The van der Waals surface area contributed by atoms with Crippen molar-refractivity contribution < 1.29 is 9.53 Å². The molecular weight excluding hydrogens is 190 g/mol. The van der Waals surface area contributed by atoms with Crippen LogP contribution >= 0.6 is 0 Å². The Bertz CT molecular complexity index is 336. The first-order valence-electron chi connectivity index (χ1n) is 5.01. The fourth-order valence-corrected chi connectivity index (χ4v) is 1.32. The highest BCUT2D eigenvalue weighted by Gasteiger charge is 2.01. The van der Waals surface area contributed by atoms with Crippen molar-refractivity contribution >= 4 is 11.7 Å². The summed E-state index contributed by atoms with van der Waals surface area (Å²) in [5.74, 6) is -0.229.